The van der Waals surface area contributed by atoms with Gasteiger partial charge in [-0.1, -0.05) is 0 Å². The van der Waals surface area contributed by atoms with Gasteiger partial charge in [0.2, 0.25) is 0 Å². The Morgan fingerprint density at radius 3 is 2.17 bits per heavy atom. The number of hydrogen-bond donors (Lipinski definition) is 2. The molecule has 6 heavy (non-hydrogen) atoms. The van der Waals surface area contributed by atoms with Crippen LogP contribution >= 0.6 is 25.3 Å². The van der Waals surface area contributed by atoms with E-state index >= 15 is 0 Å². The molecule has 0 fully saturated rings. The lowest BCUT2D eigenvalue weighted by atomic mass is 10.9. The molecule has 0 bridgehead atoms. The van der Waals surface area contributed by atoms with Crippen LogP contribution < -0.4 is 0 Å². The van der Waals surface area contributed by atoms with Gasteiger partial charge in [0.15, 0.2) is 0 Å². The largest absolute Gasteiger partial charge is 0.165 e. The molecule has 0 amide bonds. The van der Waals surface area contributed by atoms with Gasteiger partial charge in [0, 0.05) is 4.58 Å². The number of thiol groups is 2. The van der Waals surface area contributed by atoms with E-state index in [1.54, 1.807) is 0 Å². The lowest BCUT2D eigenvalue weighted by Crippen LogP contribution is -1.85. The van der Waals surface area contributed by atoms with Gasteiger partial charge in [0.05, 0.1) is 0 Å². The minimum atomic E-state index is 0.262. The molecule has 0 aliphatic carbocycles. The maximum absolute atomic E-state index is 4.02. The number of hydrogen-bond acceptors (Lipinski definition) is 2. The van der Waals surface area contributed by atoms with Crippen molar-refractivity contribution in [2.24, 2.45) is 0 Å². The third-order valence-corrected chi connectivity index (χ3v) is 2.40. The van der Waals surface area contributed by atoms with Crippen LogP contribution in [0.4, 0.5) is 0 Å². The molecule has 0 saturated carbocycles. The van der Waals surface area contributed by atoms with Crippen LogP contribution in [0.15, 0.2) is 0 Å². The first-order valence-electron chi connectivity index (χ1n) is 1.74. The van der Waals surface area contributed by atoms with E-state index in [-0.39, 0.29) is 4.58 Å². The number of rotatable bonds is 2. The van der Waals surface area contributed by atoms with E-state index in [2.05, 4.69) is 31.4 Å². The maximum atomic E-state index is 4.02. The SMILES string of the molecule is C=[SiH]CC(S)S. The van der Waals surface area contributed by atoms with Gasteiger partial charge < -0.3 is 0 Å². The molecule has 0 spiro atoms. The van der Waals surface area contributed by atoms with Crippen molar-refractivity contribution in [3.63, 3.8) is 0 Å². The molecule has 0 unspecified atom stereocenters. The summed E-state index contributed by atoms with van der Waals surface area (Å²) in [6.45, 7) is 0. The van der Waals surface area contributed by atoms with E-state index in [4.69, 9.17) is 0 Å². The highest BCUT2D eigenvalue weighted by Gasteiger charge is 1.85. The van der Waals surface area contributed by atoms with Crippen LogP contribution in [0.2, 0.25) is 6.04 Å². The van der Waals surface area contributed by atoms with Crippen molar-refractivity contribution in [1.82, 2.24) is 0 Å². The zero-order chi connectivity index (χ0) is 4.99. The first kappa shape index (κ1) is 6.79. The molecule has 3 heteroatoms. The van der Waals surface area contributed by atoms with Gasteiger partial charge in [0.1, 0.15) is 0 Å². The van der Waals surface area contributed by atoms with Crippen LogP contribution in [-0.2, 0) is 0 Å². The van der Waals surface area contributed by atoms with E-state index in [1.165, 1.54) is 0 Å². The van der Waals surface area contributed by atoms with E-state index in [0.717, 1.165) is 6.04 Å². The molecule has 0 aliphatic heterocycles. The Kier molecular flexibility index (Phi) is 4.48. The summed E-state index contributed by atoms with van der Waals surface area (Å²) in [7, 11) is 0.350. The van der Waals surface area contributed by atoms with Crippen molar-refractivity contribution in [2.75, 3.05) is 0 Å². The molecule has 0 rings (SSSR count). The van der Waals surface area contributed by atoms with Crippen molar-refractivity contribution in [1.29, 1.82) is 0 Å². The Bertz CT molecular complexity index is 44.1. The van der Waals surface area contributed by atoms with E-state index in [1.807, 2.05) is 0 Å². The van der Waals surface area contributed by atoms with E-state index in [9.17, 15) is 0 Å². The summed E-state index contributed by atoms with van der Waals surface area (Å²) in [4.78, 5) is 0. The molecule has 0 N–H and O–H groups in total. The average molecular weight is 136 g/mol. The van der Waals surface area contributed by atoms with Crippen LogP contribution in [0.5, 0.6) is 0 Å². The van der Waals surface area contributed by atoms with Crippen molar-refractivity contribution < 1.29 is 0 Å². The second kappa shape index (κ2) is 3.96. The zero-order valence-corrected chi connectivity index (χ0v) is 6.41. The fourth-order valence-corrected chi connectivity index (χ4v) is 1.34. The topological polar surface area (TPSA) is 0 Å². The summed E-state index contributed by atoms with van der Waals surface area (Å²) in [5, 5.41) is 0. The molecule has 0 aromatic rings. The standard InChI is InChI=1S/C3H8S2Si/c1-6-2-3(4)5/h3-6H,1-2H2. The van der Waals surface area contributed by atoms with Gasteiger partial charge in [-0.2, -0.15) is 25.3 Å². The molecule has 0 aliphatic rings. The Hall–Kier alpha value is 0.787. The van der Waals surface area contributed by atoms with Crippen LogP contribution in [0.25, 0.3) is 0 Å². The van der Waals surface area contributed by atoms with Crippen molar-refractivity contribution in [3.05, 3.63) is 0 Å². The quantitative estimate of drug-likeness (QED) is 0.307. The Labute approximate surface area is 51.6 Å². The highest BCUT2D eigenvalue weighted by atomic mass is 32.2. The maximum Gasteiger partial charge on any atom is 0.0445 e. The van der Waals surface area contributed by atoms with Gasteiger partial charge in [-0.3, -0.25) is 0 Å². The summed E-state index contributed by atoms with van der Waals surface area (Å²) in [6, 6.07) is 1.08. The van der Waals surface area contributed by atoms with Crippen molar-refractivity contribution in [3.8, 4) is 0 Å². The molecule has 0 saturated heterocycles. The summed E-state index contributed by atoms with van der Waals surface area (Å²) in [5.41, 5.74) is 0. The van der Waals surface area contributed by atoms with Gasteiger partial charge >= 0.3 is 0 Å². The summed E-state index contributed by atoms with van der Waals surface area (Å²) in [6.07, 6.45) is 3.71. The molecule has 0 aromatic carbocycles. The molecule has 0 aromatic heterocycles. The fraction of sp³-hybridized carbons (Fsp3) is 0.667. The second-order valence-electron chi connectivity index (χ2n) is 1.00. The van der Waals surface area contributed by atoms with Gasteiger partial charge in [-0.05, 0) is 15.2 Å². The van der Waals surface area contributed by atoms with E-state index in [0.29, 0.717) is 9.13 Å². The van der Waals surface area contributed by atoms with Gasteiger partial charge in [-0.25, -0.2) is 0 Å². The summed E-state index contributed by atoms with van der Waals surface area (Å²) < 4.78 is 0.262. The Morgan fingerprint density at radius 1 is 1.67 bits per heavy atom. The summed E-state index contributed by atoms with van der Waals surface area (Å²) >= 11 is 8.05. The molecule has 0 heterocycles. The molecular formula is C3H8S2Si. The lowest BCUT2D eigenvalue weighted by Gasteiger charge is -1.90. The van der Waals surface area contributed by atoms with Crippen LogP contribution in [0.3, 0.4) is 0 Å². The Balaban J connectivity index is 2.81. The summed E-state index contributed by atoms with van der Waals surface area (Å²) in [5.74, 6) is 0. The van der Waals surface area contributed by atoms with Gasteiger partial charge in [-0.15, -0.1) is 6.17 Å². The lowest BCUT2D eigenvalue weighted by molar-refractivity contribution is 1.43. The van der Waals surface area contributed by atoms with E-state index < -0.39 is 0 Å². The van der Waals surface area contributed by atoms with Gasteiger partial charge in [0.25, 0.3) is 0 Å². The van der Waals surface area contributed by atoms with Crippen molar-refractivity contribution in [2.45, 2.75) is 10.6 Å². The normalized spacial score (nSPS) is 9.17. The zero-order valence-electron chi connectivity index (χ0n) is 3.46. The van der Waals surface area contributed by atoms with Crippen molar-refractivity contribution >= 4 is 40.6 Å². The molecule has 36 valence electrons. The third-order valence-electron chi connectivity index (χ3n) is 0.377. The predicted molar refractivity (Wildman–Crippen MR) is 40.8 cm³/mol. The second-order valence-corrected chi connectivity index (χ2v) is 3.71. The third kappa shape index (κ3) is 4.79. The van der Waals surface area contributed by atoms with Crippen LogP contribution in [0, 0.1) is 0 Å². The minimum Gasteiger partial charge on any atom is -0.165 e. The molecule has 0 atom stereocenters. The monoisotopic (exact) mass is 136 g/mol. The smallest absolute Gasteiger partial charge is 0.0445 e. The highest BCUT2D eigenvalue weighted by molar-refractivity contribution is 7.99. The van der Waals surface area contributed by atoms with Crippen LogP contribution in [-0.4, -0.2) is 19.9 Å². The highest BCUT2D eigenvalue weighted by Crippen LogP contribution is 2.01. The minimum absolute atomic E-state index is 0.262. The first-order valence-corrected chi connectivity index (χ1v) is 4.41. The average Bonchev–Trinajstić information content (AvgIpc) is 1.35. The molecule has 0 nitrogen and oxygen atoms in total. The fourth-order valence-electron chi connectivity index (χ4n) is 0.149. The first-order chi connectivity index (χ1) is 2.77. The Morgan fingerprint density at radius 2 is 2.17 bits per heavy atom. The molecule has 0 radical (unpaired) electrons. The predicted octanol–water partition coefficient (Wildman–Crippen LogP) is 0.459. The molecular weight excluding hydrogens is 128 g/mol. The van der Waals surface area contributed by atoms with Crippen LogP contribution in [0.1, 0.15) is 0 Å².